The molecule has 1 atom stereocenters. The molecular formula is C13H15F4NO3. The van der Waals surface area contributed by atoms with Crippen molar-refractivity contribution in [1.82, 2.24) is 5.32 Å². The summed E-state index contributed by atoms with van der Waals surface area (Å²) in [5.74, 6) is -1.94. The molecule has 0 radical (unpaired) electrons. The molecule has 0 bridgehead atoms. The minimum atomic E-state index is -4.79. The number of alkyl halides is 3. The van der Waals surface area contributed by atoms with E-state index in [0.717, 1.165) is 19.2 Å². The molecule has 0 amide bonds. The monoisotopic (exact) mass is 309 g/mol. The molecule has 4 nitrogen and oxygen atoms in total. The first-order valence-corrected chi connectivity index (χ1v) is 5.98. The lowest BCUT2D eigenvalue weighted by Gasteiger charge is -2.21. The van der Waals surface area contributed by atoms with Crippen molar-refractivity contribution in [3.8, 4) is 0 Å². The van der Waals surface area contributed by atoms with E-state index in [9.17, 15) is 22.4 Å². The molecule has 0 spiro atoms. The topological polar surface area (TPSA) is 47.6 Å². The van der Waals surface area contributed by atoms with E-state index in [1.54, 1.807) is 0 Å². The quantitative estimate of drug-likeness (QED) is 0.498. The smallest absolute Gasteiger partial charge is 0.416 e. The van der Waals surface area contributed by atoms with Gasteiger partial charge in [0.05, 0.1) is 19.3 Å². The molecule has 1 N–H and O–H groups in total. The van der Waals surface area contributed by atoms with Crippen LogP contribution in [0.1, 0.15) is 17.2 Å². The zero-order chi connectivity index (χ0) is 16.0. The molecule has 1 rings (SSSR count). The van der Waals surface area contributed by atoms with Gasteiger partial charge in [-0.05, 0) is 17.7 Å². The van der Waals surface area contributed by atoms with Crippen molar-refractivity contribution in [1.29, 1.82) is 0 Å². The summed E-state index contributed by atoms with van der Waals surface area (Å²) in [4.78, 5) is 11.7. The third-order valence-corrected chi connectivity index (χ3v) is 2.72. The van der Waals surface area contributed by atoms with E-state index in [1.807, 2.05) is 0 Å². The van der Waals surface area contributed by atoms with Gasteiger partial charge in [-0.3, -0.25) is 5.32 Å². The maximum atomic E-state index is 13.1. The van der Waals surface area contributed by atoms with Crippen molar-refractivity contribution >= 4 is 5.97 Å². The van der Waals surface area contributed by atoms with E-state index in [2.05, 4.69) is 10.1 Å². The van der Waals surface area contributed by atoms with E-state index in [1.165, 1.54) is 7.11 Å². The highest BCUT2D eigenvalue weighted by Gasteiger charge is 2.37. The van der Waals surface area contributed by atoms with Gasteiger partial charge in [-0.1, -0.05) is 6.07 Å². The first kappa shape index (κ1) is 17.4. The van der Waals surface area contributed by atoms with Gasteiger partial charge >= 0.3 is 12.1 Å². The summed E-state index contributed by atoms with van der Waals surface area (Å²) in [6.45, 7) is 0.320. The van der Waals surface area contributed by atoms with Crippen LogP contribution in [0.25, 0.3) is 0 Å². The Morgan fingerprint density at radius 1 is 1.33 bits per heavy atom. The summed E-state index contributed by atoms with van der Waals surface area (Å²) in [6, 6.07) is 0.767. The second kappa shape index (κ2) is 7.37. The zero-order valence-corrected chi connectivity index (χ0v) is 11.5. The van der Waals surface area contributed by atoms with Crippen molar-refractivity contribution in [2.24, 2.45) is 0 Å². The van der Waals surface area contributed by atoms with Gasteiger partial charge < -0.3 is 9.47 Å². The summed E-state index contributed by atoms with van der Waals surface area (Å²) in [5.41, 5.74) is -1.62. The van der Waals surface area contributed by atoms with E-state index in [0.29, 0.717) is 6.07 Å². The van der Waals surface area contributed by atoms with Gasteiger partial charge in [-0.25, -0.2) is 9.18 Å². The van der Waals surface area contributed by atoms with Crippen LogP contribution >= 0.6 is 0 Å². The van der Waals surface area contributed by atoms with Crippen molar-refractivity contribution in [3.05, 3.63) is 35.1 Å². The van der Waals surface area contributed by atoms with Crippen LogP contribution in [-0.2, 0) is 20.4 Å². The van der Waals surface area contributed by atoms with Crippen LogP contribution in [0.4, 0.5) is 17.6 Å². The second-order valence-corrected chi connectivity index (χ2v) is 4.13. The van der Waals surface area contributed by atoms with Crippen molar-refractivity contribution in [2.75, 3.05) is 27.4 Å². The molecule has 0 saturated heterocycles. The maximum absolute atomic E-state index is 13.1. The Bertz CT molecular complexity index is 491. The summed E-state index contributed by atoms with van der Waals surface area (Å²) in [5, 5.41) is 2.60. The van der Waals surface area contributed by atoms with Crippen molar-refractivity contribution in [3.63, 3.8) is 0 Å². The molecule has 0 heterocycles. The predicted molar refractivity (Wildman–Crippen MR) is 66.0 cm³/mol. The van der Waals surface area contributed by atoms with Crippen LogP contribution in [0.5, 0.6) is 0 Å². The van der Waals surface area contributed by atoms with Gasteiger partial charge in [-0.2, -0.15) is 13.2 Å². The Morgan fingerprint density at radius 2 is 2.00 bits per heavy atom. The molecule has 1 aromatic rings. The Morgan fingerprint density at radius 3 is 2.52 bits per heavy atom. The van der Waals surface area contributed by atoms with E-state index in [4.69, 9.17) is 4.74 Å². The highest BCUT2D eigenvalue weighted by molar-refractivity contribution is 5.78. The Labute approximate surface area is 119 Å². The normalized spacial score (nSPS) is 13.0. The van der Waals surface area contributed by atoms with Crippen molar-refractivity contribution < 1.29 is 31.8 Å². The number of carbonyl (C=O) groups is 1. The number of methoxy groups -OCH3 is 2. The molecule has 0 saturated carbocycles. The van der Waals surface area contributed by atoms with Crippen LogP contribution < -0.4 is 5.32 Å². The van der Waals surface area contributed by atoms with Gasteiger partial charge in [0.25, 0.3) is 0 Å². The molecule has 0 aliphatic heterocycles. The summed E-state index contributed by atoms with van der Waals surface area (Å²) < 4.78 is 61.2. The standard InChI is InChI=1S/C13H15F4NO3/c1-20-6-5-18-11(12(19)21-2)9-4-3-8(14)7-10(9)13(15,16)17/h3-4,7,11,18H,5-6H2,1-2H3. The summed E-state index contributed by atoms with van der Waals surface area (Å²) in [6.07, 6.45) is -4.79. The van der Waals surface area contributed by atoms with Gasteiger partial charge in [-0.15, -0.1) is 0 Å². The third-order valence-electron chi connectivity index (χ3n) is 2.72. The Hall–Kier alpha value is -1.67. The molecule has 118 valence electrons. The summed E-state index contributed by atoms with van der Waals surface area (Å²) >= 11 is 0. The number of benzene rings is 1. The van der Waals surface area contributed by atoms with E-state index < -0.39 is 35.1 Å². The maximum Gasteiger partial charge on any atom is 0.416 e. The fourth-order valence-electron chi connectivity index (χ4n) is 1.77. The van der Waals surface area contributed by atoms with Crippen LogP contribution in [0.3, 0.4) is 0 Å². The Balaban J connectivity index is 3.20. The molecule has 1 unspecified atom stereocenters. The molecule has 8 heteroatoms. The molecule has 1 aromatic carbocycles. The van der Waals surface area contributed by atoms with Crippen LogP contribution in [-0.4, -0.2) is 33.3 Å². The lowest BCUT2D eigenvalue weighted by Crippen LogP contribution is -2.33. The zero-order valence-electron chi connectivity index (χ0n) is 11.5. The minimum absolute atomic E-state index is 0.130. The summed E-state index contributed by atoms with van der Waals surface area (Å²) in [7, 11) is 2.47. The predicted octanol–water partition coefficient (Wildman–Crippen LogP) is 2.29. The molecule has 0 aliphatic rings. The lowest BCUT2D eigenvalue weighted by molar-refractivity contribution is -0.145. The van der Waals surface area contributed by atoms with Crippen LogP contribution in [0, 0.1) is 5.82 Å². The number of rotatable bonds is 6. The van der Waals surface area contributed by atoms with Crippen LogP contribution in [0.2, 0.25) is 0 Å². The van der Waals surface area contributed by atoms with E-state index >= 15 is 0 Å². The molecular weight excluding hydrogens is 294 g/mol. The number of halogens is 4. The average molecular weight is 309 g/mol. The molecule has 0 fully saturated rings. The number of carbonyl (C=O) groups excluding carboxylic acids is 1. The number of hydrogen-bond donors (Lipinski definition) is 1. The first-order valence-electron chi connectivity index (χ1n) is 5.98. The van der Waals surface area contributed by atoms with Crippen molar-refractivity contribution in [2.45, 2.75) is 12.2 Å². The lowest BCUT2D eigenvalue weighted by atomic mass is 9.99. The largest absolute Gasteiger partial charge is 0.468 e. The number of esters is 1. The SMILES string of the molecule is COCCNC(C(=O)OC)c1ccc(F)cc1C(F)(F)F. The first-order chi connectivity index (χ1) is 9.81. The number of hydrogen-bond acceptors (Lipinski definition) is 4. The third kappa shape index (κ3) is 4.68. The molecule has 21 heavy (non-hydrogen) atoms. The highest BCUT2D eigenvalue weighted by Crippen LogP contribution is 2.35. The van der Waals surface area contributed by atoms with E-state index in [-0.39, 0.29) is 13.2 Å². The number of nitrogens with one attached hydrogen (secondary N) is 1. The second-order valence-electron chi connectivity index (χ2n) is 4.13. The van der Waals surface area contributed by atoms with Crippen LogP contribution in [0.15, 0.2) is 18.2 Å². The fraction of sp³-hybridized carbons (Fsp3) is 0.462. The van der Waals surface area contributed by atoms with Gasteiger partial charge in [0, 0.05) is 13.7 Å². The highest BCUT2D eigenvalue weighted by atomic mass is 19.4. The average Bonchev–Trinajstić information content (AvgIpc) is 2.42. The van der Waals surface area contributed by atoms with Gasteiger partial charge in [0.15, 0.2) is 0 Å². The van der Waals surface area contributed by atoms with Gasteiger partial charge in [0.1, 0.15) is 11.9 Å². The minimum Gasteiger partial charge on any atom is -0.468 e. The Kier molecular flexibility index (Phi) is 6.10. The van der Waals surface area contributed by atoms with Gasteiger partial charge in [0.2, 0.25) is 0 Å². The molecule has 0 aromatic heterocycles. The number of ether oxygens (including phenoxy) is 2. The fourth-order valence-corrected chi connectivity index (χ4v) is 1.77. The molecule has 0 aliphatic carbocycles.